The largest absolute Gasteiger partial charge is 0.341 e. The molecule has 0 aromatic carbocycles. The van der Waals surface area contributed by atoms with Gasteiger partial charge in [-0.05, 0) is 39.2 Å². The summed E-state index contributed by atoms with van der Waals surface area (Å²) in [6.45, 7) is 7.30. The maximum atomic E-state index is 12.6. The van der Waals surface area contributed by atoms with E-state index in [1.807, 2.05) is 31.7 Å². The van der Waals surface area contributed by atoms with E-state index >= 15 is 0 Å². The molecular formula is C17H23N5O2. The molecule has 3 heterocycles. The van der Waals surface area contributed by atoms with Crippen LogP contribution in [0.1, 0.15) is 36.8 Å². The average molecular weight is 329 g/mol. The van der Waals surface area contributed by atoms with Crippen LogP contribution < -0.4 is 5.56 Å². The zero-order valence-electron chi connectivity index (χ0n) is 14.4. The number of carbonyl (C=O) groups excluding carboxylic acids is 1. The minimum absolute atomic E-state index is 0.00348. The SMILES string of the molecule is CCc1cc(=O)n(CC(=O)N2CCCC2)c(-n2nc(C)cc2C)n1. The van der Waals surface area contributed by atoms with E-state index in [9.17, 15) is 9.59 Å². The highest BCUT2D eigenvalue weighted by Crippen LogP contribution is 2.12. The van der Waals surface area contributed by atoms with Crippen molar-refractivity contribution in [3.8, 4) is 5.95 Å². The number of nitrogens with zero attached hydrogens (tertiary/aromatic N) is 5. The van der Waals surface area contributed by atoms with Crippen LogP contribution in [-0.2, 0) is 17.8 Å². The summed E-state index contributed by atoms with van der Waals surface area (Å²) in [5.41, 5.74) is 2.22. The minimum atomic E-state index is -0.211. The van der Waals surface area contributed by atoms with Crippen LogP contribution >= 0.6 is 0 Å². The van der Waals surface area contributed by atoms with Gasteiger partial charge in [0.2, 0.25) is 11.9 Å². The van der Waals surface area contributed by atoms with E-state index < -0.39 is 0 Å². The summed E-state index contributed by atoms with van der Waals surface area (Å²) in [6, 6.07) is 3.43. The van der Waals surface area contributed by atoms with Crippen LogP contribution in [0.4, 0.5) is 0 Å². The molecule has 1 fully saturated rings. The highest BCUT2D eigenvalue weighted by atomic mass is 16.2. The summed E-state index contributed by atoms with van der Waals surface area (Å²) in [6.07, 6.45) is 2.71. The smallest absolute Gasteiger partial charge is 0.255 e. The number of hydrogen-bond acceptors (Lipinski definition) is 4. The van der Waals surface area contributed by atoms with Gasteiger partial charge in [-0.15, -0.1) is 0 Å². The van der Waals surface area contributed by atoms with Gasteiger partial charge in [0.15, 0.2) is 0 Å². The lowest BCUT2D eigenvalue weighted by Crippen LogP contribution is -2.36. The third-order valence-corrected chi connectivity index (χ3v) is 4.35. The van der Waals surface area contributed by atoms with Gasteiger partial charge in [-0.3, -0.25) is 14.2 Å². The molecule has 0 bridgehead atoms. The first-order valence-corrected chi connectivity index (χ1v) is 8.41. The third-order valence-electron chi connectivity index (χ3n) is 4.35. The maximum absolute atomic E-state index is 12.6. The van der Waals surface area contributed by atoms with Gasteiger partial charge in [-0.2, -0.15) is 5.10 Å². The molecule has 7 heteroatoms. The first-order chi connectivity index (χ1) is 11.5. The standard InChI is InChI=1S/C17H23N5O2/c1-4-14-10-15(23)21(11-16(24)20-7-5-6-8-20)17(18-14)22-13(3)9-12(2)19-22/h9-10H,4-8,11H2,1-3H3. The van der Waals surface area contributed by atoms with Gasteiger partial charge in [0, 0.05) is 30.5 Å². The maximum Gasteiger partial charge on any atom is 0.255 e. The molecule has 0 aliphatic carbocycles. The molecule has 1 aliphatic heterocycles. The molecule has 2 aromatic rings. The summed E-state index contributed by atoms with van der Waals surface area (Å²) in [4.78, 5) is 31.5. The van der Waals surface area contributed by atoms with Crippen LogP contribution in [0.15, 0.2) is 16.9 Å². The molecule has 0 saturated carbocycles. The fraction of sp³-hybridized carbons (Fsp3) is 0.529. The Bertz CT molecular complexity index is 815. The van der Waals surface area contributed by atoms with E-state index in [4.69, 9.17) is 0 Å². The lowest BCUT2D eigenvalue weighted by atomic mass is 10.3. The van der Waals surface area contributed by atoms with Crippen LogP contribution in [0.2, 0.25) is 0 Å². The van der Waals surface area contributed by atoms with Crippen LogP contribution in [-0.4, -0.2) is 43.2 Å². The predicted molar refractivity (Wildman–Crippen MR) is 90.3 cm³/mol. The first kappa shape index (κ1) is 16.4. The number of amides is 1. The third kappa shape index (κ3) is 3.11. The average Bonchev–Trinajstić information content (AvgIpc) is 3.18. The predicted octanol–water partition coefficient (Wildman–Crippen LogP) is 1.23. The van der Waals surface area contributed by atoms with Crippen molar-refractivity contribution in [2.45, 2.75) is 46.6 Å². The summed E-state index contributed by atoms with van der Waals surface area (Å²) >= 11 is 0. The Morgan fingerprint density at radius 3 is 2.50 bits per heavy atom. The Hall–Kier alpha value is -2.44. The van der Waals surface area contributed by atoms with Gasteiger partial charge >= 0.3 is 0 Å². The summed E-state index contributed by atoms with van der Waals surface area (Å²) < 4.78 is 3.08. The molecule has 1 saturated heterocycles. The topological polar surface area (TPSA) is 73.0 Å². The van der Waals surface area contributed by atoms with Crippen molar-refractivity contribution >= 4 is 5.91 Å². The number of carbonyl (C=O) groups is 1. The van der Waals surface area contributed by atoms with E-state index in [2.05, 4.69) is 10.1 Å². The van der Waals surface area contributed by atoms with Crippen molar-refractivity contribution in [1.82, 2.24) is 24.2 Å². The molecule has 1 aliphatic rings. The molecule has 0 atom stereocenters. The zero-order chi connectivity index (χ0) is 17.3. The van der Waals surface area contributed by atoms with E-state index in [1.165, 1.54) is 10.6 Å². The monoisotopic (exact) mass is 329 g/mol. The number of aromatic nitrogens is 4. The Morgan fingerprint density at radius 1 is 1.21 bits per heavy atom. The minimum Gasteiger partial charge on any atom is -0.341 e. The van der Waals surface area contributed by atoms with E-state index in [0.29, 0.717) is 18.1 Å². The molecule has 24 heavy (non-hydrogen) atoms. The lowest BCUT2D eigenvalue weighted by Gasteiger charge is -2.18. The highest BCUT2D eigenvalue weighted by molar-refractivity contribution is 5.76. The van der Waals surface area contributed by atoms with Gasteiger partial charge in [0.25, 0.3) is 5.56 Å². The van der Waals surface area contributed by atoms with Crippen molar-refractivity contribution in [2.24, 2.45) is 0 Å². The molecule has 0 unspecified atom stereocenters. The van der Waals surface area contributed by atoms with Crippen molar-refractivity contribution < 1.29 is 4.79 Å². The number of rotatable bonds is 4. The molecular weight excluding hydrogens is 306 g/mol. The van der Waals surface area contributed by atoms with Gasteiger partial charge in [0.05, 0.1) is 5.69 Å². The van der Waals surface area contributed by atoms with E-state index in [1.54, 1.807) is 4.68 Å². The van der Waals surface area contributed by atoms with Crippen LogP contribution in [0, 0.1) is 13.8 Å². The molecule has 128 valence electrons. The number of likely N-dealkylation sites (tertiary alicyclic amines) is 1. The quantitative estimate of drug-likeness (QED) is 0.846. The molecule has 1 amide bonds. The normalized spacial score (nSPS) is 14.4. The Labute approximate surface area is 140 Å². The zero-order valence-corrected chi connectivity index (χ0v) is 14.4. The van der Waals surface area contributed by atoms with Gasteiger partial charge < -0.3 is 4.90 Å². The van der Waals surface area contributed by atoms with Crippen molar-refractivity contribution in [3.05, 3.63) is 39.6 Å². The van der Waals surface area contributed by atoms with Gasteiger partial charge in [-0.25, -0.2) is 9.67 Å². The Balaban J connectivity index is 2.05. The summed E-state index contributed by atoms with van der Waals surface area (Å²) in [7, 11) is 0. The molecule has 7 nitrogen and oxygen atoms in total. The molecule has 0 spiro atoms. The Morgan fingerprint density at radius 2 is 1.92 bits per heavy atom. The number of hydrogen-bond donors (Lipinski definition) is 0. The second kappa shape index (κ2) is 6.59. The van der Waals surface area contributed by atoms with Crippen molar-refractivity contribution in [3.63, 3.8) is 0 Å². The highest BCUT2D eigenvalue weighted by Gasteiger charge is 2.21. The van der Waals surface area contributed by atoms with Crippen LogP contribution in [0.3, 0.4) is 0 Å². The number of aryl methyl sites for hydroxylation is 3. The summed E-state index contributed by atoms with van der Waals surface area (Å²) in [5, 5.41) is 4.43. The van der Waals surface area contributed by atoms with Crippen LogP contribution in [0.25, 0.3) is 5.95 Å². The molecule has 2 aromatic heterocycles. The van der Waals surface area contributed by atoms with Crippen molar-refractivity contribution in [2.75, 3.05) is 13.1 Å². The van der Waals surface area contributed by atoms with E-state index in [0.717, 1.165) is 37.3 Å². The van der Waals surface area contributed by atoms with Crippen LogP contribution in [0.5, 0.6) is 0 Å². The fourth-order valence-electron chi connectivity index (χ4n) is 3.06. The van der Waals surface area contributed by atoms with E-state index in [-0.39, 0.29) is 18.0 Å². The Kier molecular flexibility index (Phi) is 4.51. The molecule has 3 rings (SSSR count). The van der Waals surface area contributed by atoms with Gasteiger partial charge in [-0.1, -0.05) is 6.92 Å². The second-order valence-corrected chi connectivity index (χ2v) is 6.25. The van der Waals surface area contributed by atoms with Crippen molar-refractivity contribution in [1.29, 1.82) is 0 Å². The first-order valence-electron chi connectivity index (χ1n) is 8.41. The second-order valence-electron chi connectivity index (χ2n) is 6.25. The lowest BCUT2D eigenvalue weighted by molar-refractivity contribution is -0.130. The summed E-state index contributed by atoms with van der Waals surface area (Å²) in [5.74, 6) is 0.376. The van der Waals surface area contributed by atoms with Gasteiger partial charge in [0.1, 0.15) is 6.54 Å². The molecule has 0 N–H and O–H groups in total. The fourth-order valence-corrected chi connectivity index (χ4v) is 3.06. The molecule has 0 radical (unpaired) electrons.